The summed E-state index contributed by atoms with van der Waals surface area (Å²) in [5.41, 5.74) is 1.29. The van der Waals surface area contributed by atoms with Gasteiger partial charge in [0.1, 0.15) is 17.7 Å². The lowest BCUT2D eigenvalue weighted by Crippen LogP contribution is -2.14. The Morgan fingerprint density at radius 3 is 2.31 bits per heavy atom. The molecule has 1 saturated carbocycles. The number of halogens is 5. The van der Waals surface area contributed by atoms with E-state index in [2.05, 4.69) is 17.6 Å². The zero-order valence-corrected chi connectivity index (χ0v) is 20.2. The highest BCUT2D eigenvalue weighted by Gasteiger charge is 2.29. The number of hydrogen-bond acceptors (Lipinski definition) is 1. The average molecular weight is 501 g/mol. The number of fused-ring (bicyclic) bond motifs is 1. The fourth-order valence-electron chi connectivity index (χ4n) is 5.26. The van der Waals surface area contributed by atoms with E-state index in [9.17, 15) is 13.2 Å². The van der Waals surface area contributed by atoms with Crippen LogP contribution in [-0.2, 0) is 4.74 Å². The summed E-state index contributed by atoms with van der Waals surface area (Å²) >= 11 is 0. The quantitative estimate of drug-likeness (QED) is 0.186. The van der Waals surface area contributed by atoms with Crippen molar-refractivity contribution in [2.75, 3.05) is 0 Å². The first kappa shape index (κ1) is 26.0. The van der Waals surface area contributed by atoms with E-state index in [-0.39, 0.29) is 11.5 Å². The van der Waals surface area contributed by atoms with Crippen molar-refractivity contribution in [2.24, 2.45) is 5.92 Å². The van der Waals surface area contributed by atoms with Crippen molar-refractivity contribution in [3.63, 3.8) is 0 Å². The second-order valence-corrected chi connectivity index (χ2v) is 9.59. The van der Waals surface area contributed by atoms with Crippen LogP contribution in [0, 0.1) is 29.6 Å². The minimum absolute atomic E-state index is 0.106. The SMILES string of the molecule is CCCCCC1CCC(c2cc(F)c(-c3ccc4c(C#COC(F)(F)F)cccc4c3)c(F)c2)CC1. The van der Waals surface area contributed by atoms with Crippen molar-refractivity contribution in [3.8, 4) is 23.2 Å². The van der Waals surface area contributed by atoms with E-state index in [4.69, 9.17) is 0 Å². The fraction of sp³-hybridized carbons (Fsp3) is 0.400. The first-order chi connectivity index (χ1) is 17.2. The van der Waals surface area contributed by atoms with Gasteiger partial charge in [0.05, 0.1) is 5.56 Å². The minimum Gasteiger partial charge on any atom is -0.352 e. The van der Waals surface area contributed by atoms with Crippen LogP contribution in [0.15, 0.2) is 48.5 Å². The number of benzene rings is 3. The largest absolute Gasteiger partial charge is 0.581 e. The molecule has 0 bridgehead atoms. The number of alkyl halides is 3. The van der Waals surface area contributed by atoms with Crippen LogP contribution in [0.1, 0.15) is 75.3 Å². The van der Waals surface area contributed by atoms with Gasteiger partial charge in [0, 0.05) is 5.56 Å². The third kappa shape index (κ3) is 6.37. The summed E-state index contributed by atoms with van der Waals surface area (Å²) in [7, 11) is 0. The normalized spacial score (nSPS) is 18.1. The molecule has 0 aromatic heterocycles. The van der Waals surface area contributed by atoms with Crippen molar-refractivity contribution >= 4 is 10.8 Å². The van der Waals surface area contributed by atoms with Crippen LogP contribution in [0.25, 0.3) is 21.9 Å². The Bertz CT molecular complexity index is 1240. The molecule has 3 aromatic carbocycles. The number of ether oxygens (including phenoxy) is 1. The molecule has 0 N–H and O–H groups in total. The standard InChI is InChI=1S/C30H29F5O/c1-2-3-4-6-20-9-11-21(12-10-20)25-18-27(31)29(28(32)19-25)24-13-14-26-22(7-5-8-23(26)17-24)15-16-36-30(33,34)35/h5,7-8,13-14,17-21H,2-4,6,9-12H2,1H3. The first-order valence-electron chi connectivity index (χ1n) is 12.5. The molecule has 0 spiro atoms. The van der Waals surface area contributed by atoms with Gasteiger partial charge in [0.2, 0.25) is 0 Å². The lowest BCUT2D eigenvalue weighted by atomic mass is 9.76. The van der Waals surface area contributed by atoms with E-state index in [0.717, 1.165) is 25.7 Å². The van der Waals surface area contributed by atoms with Gasteiger partial charge in [0.15, 0.2) is 0 Å². The molecule has 4 rings (SSSR count). The maximum atomic E-state index is 15.2. The maximum absolute atomic E-state index is 15.2. The van der Waals surface area contributed by atoms with Crippen LogP contribution in [0.2, 0.25) is 0 Å². The molecular formula is C30H29F5O. The average Bonchev–Trinajstić information content (AvgIpc) is 2.83. The van der Waals surface area contributed by atoms with Gasteiger partial charge in [-0.2, -0.15) is 0 Å². The molecule has 0 aliphatic heterocycles. The van der Waals surface area contributed by atoms with E-state index in [1.807, 2.05) is 0 Å². The third-order valence-electron chi connectivity index (χ3n) is 7.12. The van der Waals surface area contributed by atoms with Gasteiger partial charge in [-0.25, -0.2) is 8.78 Å². The molecule has 0 atom stereocenters. The van der Waals surface area contributed by atoms with Gasteiger partial charge < -0.3 is 4.74 Å². The summed E-state index contributed by atoms with van der Waals surface area (Å²) in [5, 5.41) is 1.17. The topological polar surface area (TPSA) is 9.23 Å². The highest BCUT2D eigenvalue weighted by Crippen LogP contribution is 2.40. The molecule has 0 saturated heterocycles. The van der Waals surface area contributed by atoms with E-state index in [1.165, 1.54) is 37.8 Å². The molecule has 1 nitrogen and oxygen atoms in total. The number of unbranched alkanes of at least 4 members (excludes halogenated alkanes) is 2. The van der Waals surface area contributed by atoms with E-state index in [0.29, 0.717) is 33.4 Å². The van der Waals surface area contributed by atoms with Crippen molar-refractivity contribution in [1.29, 1.82) is 0 Å². The lowest BCUT2D eigenvalue weighted by molar-refractivity contribution is -0.291. The van der Waals surface area contributed by atoms with E-state index in [1.54, 1.807) is 42.5 Å². The number of rotatable bonds is 6. The summed E-state index contributed by atoms with van der Waals surface area (Å²) in [6, 6.07) is 12.6. The van der Waals surface area contributed by atoms with E-state index >= 15 is 8.78 Å². The summed E-state index contributed by atoms with van der Waals surface area (Å²) in [6.07, 6.45) is 5.88. The third-order valence-corrected chi connectivity index (χ3v) is 7.12. The Morgan fingerprint density at radius 2 is 1.64 bits per heavy atom. The zero-order chi connectivity index (χ0) is 25.7. The Kier molecular flexibility index (Phi) is 8.18. The lowest BCUT2D eigenvalue weighted by Gasteiger charge is -2.29. The molecule has 0 amide bonds. The molecule has 1 fully saturated rings. The summed E-state index contributed by atoms with van der Waals surface area (Å²) in [4.78, 5) is 0. The van der Waals surface area contributed by atoms with Crippen molar-refractivity contribution < 1.29 is 26.7 Å². The van der Waals surface area contributed by atoms with Crippen molar-refractivity contribution in [2.45, 2.75) is 70.6 Å². The van der Waals surface area contributed by atoms with Crippen molar-refractivity contribution in [1.82, 2.24) is 0 Å². The maximum Gasteiger partial charge on any atom is 0.581 e. The predicted molar refractivity (Wildman–Crippen MR) is 132 cm³/mol. The minimum atomic E-state index is -4.85. The van der Waals surface area contributed by atoms with Gasteiger partial charge in [-0.15, -0.1) is 13.2 Å². The summed E-state index contributed by atoms with van der Waals surface area (Å²) in [5.74, 6) is 2.02. The smallest absolute Gasteiger partial charge is 0.352 e. The predicted octanol–water partition coefficient (Wildman–Crippen LogP) is 9.48. The second-order valence-electron chi connectivity index (χ2n) is 9.59. The van der Waals surface area contributed by atoms with E-state index < -0.39 is 18.0 Å². The van der Waals surface area contributed by atoms with Crippen LogP contribution >= 0.6 is 0 Å². The Balaban J connectivity index is 1.53. The zero-order valence-electron chi connectivity index (χ0n) is 20.2. The highest BCUT2D eigenvalue weighted by atomic mass is 19.4. The highest BCUT2D eigenvalue weighted by molar-refractivity contribution is 5.91. The molecule has 3 aromatic rings. The van der Waals surface area contributed by atoms with Crippen molar-refractivity contribution in [3.05, 3.63) is 71.3 Å². The van der Waals surface area contributed by atoms with Gasteiger partial charge in [-0.05, 0) is 89.6 Å². The Hall–Kier alpha value is -3.07. The molecule has 6 heteroatoms. The second kappa shape index (κ2) is 11.3. The molecule has 1 aliphatic rings. The Labute approximate surface area is 208 Å². The van der Waals surface area contributed by atoms with Crippen LogP contribution in [0.4, 0.5) is 22.0 Å². The van der Waals surface area contributed by atoms with Crippen LogP contribution in [-0.4, -0.2) is 6.36 Å². The summed E-state index contributed by atoms with van der Waals surface area (Å²) in [6.45, 7) is 2.20. The molecular weight excluding hydrogens is 471 g/mol. The van der Waals surface area contributed by atoms with Crippen LogP contribution in [0.5, 0.6) is 0 Å². The molecule has 0 unspecified atom stereocenters. The monoisotopic (exact) mass is 500 g/mol. The fourth-order valence-corrected chi connectivity index (χ4v) is 5.26. The first-order valence-corrected chi connectivity index (χ1v) is 12.5. The van der Waals surface area contributed by atoms with Gasteiger partial charge in [0.25, 0.3) is 0 Å². The summed E-state index contributed by atoms with van der Waals surface area (Å²) < 4.78 is 70.6. The molecule has 190 valence electrons. The number of hydrogen-bond donors (Lipinski definition) is 0. The van der Waals surface area contributed by atoms with Gasteiger partial charge in [-0.3, -0.25) is 0 Å². The Morgan fingerprint density at radius 1 is 0.917 bits per heavy atom. The molecule has 0 heterocycles. The van der Waals surface area contributed by atoms with Crippen LogP contribution in [0.3, 0.4) is 0 Å². The van der Waals surface area contributed by atoms with Gasteiger partial charge >= 0.3 is 6.36 Å². The molecule has 1 aliphatic carbocycles. The molecule has 36 heavy (non-hydrogen) atoms. The van der Waals surface area contributed by atoms with Gasteiger partial charge in [-0.1, -0.05) is 56.9 Å². The molecule has 0 radical (unpaired) electrons. The van der Waals surface area contributed by atoms with Crippen LogP contribution < -0.4 is 0 Å².